The maximum atomic E-state index is 12.1. The highest BCUT2D eigenvalue weighted by Gasteiger charge is 2.17. The molecule has 0 spiro atoms. The van der Waals surface area contributed by atoms with Crippen LogP contribution >= 0.6 is 0 Å². The van der Waals surface area contributed by atoms with Crippen molar-refractivity contribution >= 4 is 11.6 Å². The zero-order valence-corrected chi connectivity index (χ0v) is 12.1. The van der Waals surface area contributed by atoms with E-state index in [-0.39, 0.29) is 24.1 Å². The van der Waals surface area contributed by atoms with E-state index in [1.807, 2.05) is 18.7 Å². The highest BCUT2D eigenvalue weighted by molar-refractivity contribution is 5.75. The number of hydrogen-bond donors (Lipinski definition) is 1. The fraction of sp³-hybridized carbons (Fsp3) is 0.643. The monoisotopic (exact) mass is 278 g/mol. The van der Waals surface area contributed by atoms with Crippen molar-refractivity contribution in [3.05, 3.63) is 22.6 Å². The minimum Gasteiger partial charge on any atom is -0.381 e. The number of piperidine rings is 1. The summed E-state index contributed by atoms with van der Waals surface area (Å²) in [6.07, 6.45) is 4.86. The fourth-order valence-electron chi connectivity index (χ4n) is 2.34. The second kappa shape index (κ2) is 6.54. The van der Waals surface area contributed by atoms with Gasteiger partial charge in [0.25, 0.3) is 5.56 Å². The molecule has 1 N–H and O–H groups in total. The molecule has 1 aromatic rings. The first-order valence-electron chi connectivity index (χ1n) is 7.18. The van der Waals surface area contributed by atoms with E-state index >= 15 is 0 Å². The van der Waals surface area contributed by atoms with Crippen molar-refractivity contribution in [2.45, 2.75) is 45.7 Å². The molecule has 1 aliphatic rings. The average molecular weight is 278 g/mol. The summed E-state index contributed by atoms with van der Waals surface area (Å²) in [5.74, 6) is -0.0242. The molecule has 2 rings (SSSR count). The van der Waals surface area contributed by atoms with Crippen LogP contribution in [0.4, 0.5) is 5.69 Å². The first-order chi connectivity index (χ1) is 9.56. The highest BCUT2D eigenvalue weighted by atomic mass is 16.2. The van der Waals surface area contributed by atoms with Crippen LogP contribution in [0, 0.1) is 0 Å². The van der Waals surface area contributed by atoms with E-state index in [4.69, 9.17) is 0 Å². The van der Waals surface area contributed by atoms with E-state index in [9.17, 15) is 9.59 Å². The Morgan fingerprint density at radius 3 is 2.65 bits per heavy atom. The fourth-order valence-corrected chi connectivity index (χ4v) is 2.34. The van der Waals surface area contributed by atoms with Crippen LogP contribution in [-0.4, -0.2) is 39.7 Å². The third-order valence-electron chi connectivity index (χ3n) is 3.32. The number of rotatable bonds is 4. The van der Waals surface area contributed by atoms with Crippen LogP contribution < -0.4 is 10.9 Å². The molecule has 6 nitrogen and oxygen atoms in total. The van der Waals surface area contributed by atoms with Crippen molar-refractivity contribution in [3.63, 3.8) is 0 Å². The molecular formula is C14H22N4O2. The molecule has 0 aliphatic carbocycles. The third kappa shape index (κ3) is 3.82. The summed E-state index contributed by atoms with van der Waals surface area (Å²) in [5.41, 5.74) is 0.438. The molecule has 1 saturated heterocycles. The predicted octanol–water partition coefficient (Wildman–Crippen LogP) is 1.08. The van der Waals surface area contributed by atoms with Crippen molar-refractivity contribution in [2.75, 3.05) is 18.4 Å². The summed E-state index contributed by atoms with van der Waals surface area (Å²) in [7, 11) is 0. The van der Waals surface area contributed by atoms with Crippen molar-refractivity contribution in [1.29, 1.82) is 0 Å². The molecule has 1 aromatic heterocycles. The summed E-state index contributed by atoms with van der Waals surface area (Å²) < 4.78 is 1.22. The summed E-state index contributed by atoms with van der Waals surface area (Å²) >= 11 is 0. The lowest BCUT2D eigenvalue weighted by Crippen LogP contribution is -2.40. The quantitative estimate of drug-likeness (QED) is 0.895. The Morgan fingerprint density at radius 1 is 1.35 bits per heavy atom. The van der Waals surface area contributed by atoms with Gasteiger partial charge in [0.2, 0.25) is 5.91 Å². The van der Waals surface area contributed by atoms with Crippen molar-refractivity contribution in [2.24, 2.45) is 0 Å². The van der Waals surface area contributed by atoms with Gasteiger partial charge < -0.3 is 10.2 Å². The molecule has 1 aliphatic heterocycles. The second-order valence-corrected chi connectivity index (χ2v) is 5.48. The third-order valence-corrected chi connectivity index (χ3v) is 3.32. The molecule has 6 heteroatoms. The number of carbonyl (C=O) groups is 1. The van der Waals surface area contributed by atoms with Gasteiger partial charge in [-0.1, -0.05) is 0 Å². The van der Waals surface area contributed by atoms with Gasteiger partial charge in [-0.15, -0.1) is 0 Å². The van der Waals surface area contributed by atoms with Gasteiger partial charge in [0.15, 0.2) is 0 Å². The number of aromatic nitrogens is 2. The number of likely N-dealkylation sites (tertiary alicyclic amines) is 1. The van der Waals surface area contributed by atoms with Crippen LogP contribution in [0.3, 0.4) is 0 Å². The SMILES string of the molecule is CC(C)Nc1cnn(CC(=O)N2CCCCC2)c(=O)c1. The number of carbonyl (C=O) groups excluding carboxylic acids is 1. The summed E-state index contributed by atoms with van der Waals surface area (Å²) in [4.78, 5) is 25.8. The van der Waals surface area contributed by atoms with Gasteiger partial charge in [0, 0.05) is 25.2 Å². The minimum absolute atomic E-state index is 0.0242. The molecule has 2 heterocycles. The number of amides is 1. The lowest BCUT2D eigenvalue weighted by atomic mass is 10.1. The van der Waals surface area contributed by atoms with E-state index in [0.29, 0.717) is 5.69 Å². The Hall–Kier alpha value is -1.85. The van der Waals surface area contributed by atoms with Gasteiger partial charge in [0.1, 0.15) is 6.54 Å². The Morgan fingerprint density at radius 2 is 2.05 bits per heavy atom. The molecule has 0 radical (unpaired) electrons. The van der Waals surface area contributed by atoms with E-state index < -0.39 is 0 Å². The first kappa shape index (κ1) is 14.6. The molecule has 110 valence electrons. The molecule has 0 saturated carbocycles. The van der Waals surface area contributed by atoms with Crippen LogP contribution in [-0.2, 0) is 11.3 Å². The number of hydrogen-bond acceptors (Lipinski definition) is 4. The van der Waals surface area contributed by atoms with Crippen molar-refractivity contribution in [1.82, 2.24) is 14.7 Å². The molecule has 0 bridgehead atoms. The average Bonchev–Trinajstić information content (AvgIpc) is 2.42. The smallest absolute Gasteiger partial charge is 0.269 e. The van der Waals surface area contributed by atoms with Gasteiger partial charge in [-0.3, -0.25) is 9.59 Å². The topological polar surface area (TPSA) is 67.2 Å². The van der Waals surface area contributed by atoms with E-state index in [2.05, 4.69) is 10.4 Å². The Balaban J connectivity index is 2.02. The predicted molar refractivity (Wildman–Crippen MR) is 77.7 cm³/mol. The normalized spacial score (nSPS) is 15.4. The highest BCUT2D eigenvalue weighted by Crippen LogP contribution is 2.09. The van der Waals surface area contributed by atoms with Crippen LogP contribution in [0.5, 0.6) is 0 Å². The van der Waals surface area contributed by atoms with Gasteiger partial charge in [-0.2, -0.15) is 5.10 Å². The molecule has 0 aromatic carbocycles. The summed E-state index contributed by atoms with van der Waals surface area (Å²) in [6.45, 7) is 5.60. The number of nitrogens with zero attached hydrogens (tertiary/aromatic N) is 3. The number of anilines is 1. The largest absolute Gasteiger partial charge is 0.381 e. The standard InChI is InChI=1S/C14H22N4O2/c1-11(2)16-12-8-13(19)18(15-9-12)10-14(20)17-6-4-3-5-7-17/h8-9,11,16H,3-7,10H2,1-2H3. The van der Waals surface area contributed by atoms with Gasteiger partial charge in [-0.05, 0) is 33.1 Å². The molecular weight excluding hydrogens is 256 g/mol. The van der Waals surface area contributed by atoms with Crippen LogP contribution in [0.15, 0.2) is 17.1 Å². The van der Waals surface area contributed by atoms with Crippen LogP contribution in [0.2, 0.25) is 0 Å². The maximum absolute atomic E-state index is 12.1. The van der Waals surface area contributed by atoms with Crippen LogP contribution in [0.1, 0.15) is 33.1 Å². The zero-order valence-electron chi connectivity index (χ0n) is 12.1. The maximum Gasteiger partial charge on any atom is 0.269 e. The second-order valence-electron chi connectivity index (χ2n) is 5.48. The lowest BCUT2D eigenvalue weighted by Gasteiger charge is -2.26. The number of nitrogens with one attached hydrogen (secondary N) is 1. The van der Waals surface area contributed by atoms with Crippen molar-refractivity contribution < 1.29 is 4.79 Å². The lowest BCUT2D eigenvalue weighted by molar-refractivity contribution is -0.133. The van der Waals surface area contributed by atoms with Crippen LogP contribution in [0.25, 0.3) is 0 Å². The molecule has 1 amide bonds. The summed E-state index contributed by atoms with van der Waals surface area (Å²) in [6, 6.07) is 1.72. The molecule has 20 heavy (non-hydrogen) atoms. The van der Waals surface area contributed by atoms with E-state index in [1.54, 1.807) is 6.20 Å². The Labute approximate surface area is 118 Å². The molecule has 1 fully saturated rings. The first-order valence-corrected chi connectivity index (χ1v) is 7.18. The Kier molecular flexibility index (Phi) is 4.76. The minimum atomic E-state index is -0.249. The molecule has 0 unspecified atom stereocenters. The van der Waals surface area contributed by atoms with E-state index in [1.165, 1.54) is 17.2 Å². The Bertz CT molecular complexity index is 518. The van der Waals surface area contributed by atoms with E-state index in [0.717, 1.165) is 25.9 Å². The summed E-state index contributed by atoms with van der Waals surface area (Å²) in [5, 5.41) is 7.18. The van der Waals surface area contributed by atoms with Gasteiger partial charge >= 0.3 is 0 Å². The van der Waals surface area contributed by atoms with Crippen molar-refractivity contribution in [3.8, 4) is 0 Å². The molecule has 0 atom stereocenters. The van der Waals surface area contributed by atoms with Gasteiger partial charge in [-0.25, -0.2) is 4.68 Å². The van der Waals surface area contributed by atoms with Gasteiger partial charge in [0.05, 0.1) is 11.9 Å². The zero-order chi connectivity index (χ0) is 14.5.